The van der Waals surface area contributed by atoms with Crippen LogP contribution in [0.2, 0.25) is 5.15 Å². The van der Waals surface area contributed by atoms with Gasteiger partial charge in [0.05, 0.1) is 6.61 Å². The molecule has 0 aliphatic heterocycles. The average Bonchev–Trinajstić information content (AvgIpc) is 2.70. The summed E-state index contributed by atoms with van der Waals surface area (Å²) in [5, 5.41) is 22.3. The highest BCUT2D eigenvalue weighted by Gasteiger charge is 2.27. The lowest BCUT2D eigenvalue weighted by Gasteiger charge is -2.18. The number of nitrogens with zero attached hydrogens (tertiary/aromatic N) is 4. The van der Waals surface area contributed by atoms with Gasteiger partial charge in [0.15, 0.2) is 16.6 Å². The van der Waals surface area contributed by atoms with E-state index in [1.54, 1.807) is 4.52 Å². The van der Waals surface area contributed by atoms with Gasteiger partial charge in [-0.2, -0.15) is 9.61 Å². The van der Waals surface area contributed by atoms with Crippen LogP contribution in [-0.2, 0) is 5.41 Å². The molecular formula is C11H15ClN4O. The molecule has 6 heteroatoms. The van der Waals surface area contributed by atoms with Gasteiger partial charge >= 0.3 is 0 Å². The van der Waals surface area contributed by atoms with E-state index in [9.17, 15) is 5.11 Å². The SMILES string of the molecule is Cc1c(Cl)nn2c(C(C)(C)CO)nnc2c1C. The Morgan fingerprint density at radius 2 is 1.88 bits per heavy atom. The number of aliphatic hydroxyl groups is 1. The number of halogens is 1. The molecule has 0 amide bonds. The van der Waals surface area contributed by atoms with E-state index in [2.05, 4.69) is 15.3 Å². The molecular weight excluding hydrogens is 240 g/mol. The molecule has 0 aliphatic rings. The summed E-state index contributed by atoms with van der Waals surface area (Å²) in [6, 6.07) is 0. The standard InChI is InChI=1S/C11H15ClN4O/c1-6-7(2)9-13-14-10(11(3,4)5-17)16(9)15-8(6)12/h17H,5H2,1-4H3. The van der Waals surface area contributed by atoms with Gasteiger partial charge in [0.2, 0.25) is 0 Å². The average molecular weight is 255 g/mol. The molecule has 2 aromatic heterocycles. The van der Waals surface area contributed by atoms with Crippen molar-refractivity contribution in [2.24, 2.45) is 0 Å². The maximum atomic E-state index is 9.38. The van der Waals surface area contributed by atoms with Gasteiger partial charge in [0, 0.05) is 11.0 Å². The highest BCUT2D eigenvalue weighted by atomic mass is 35.5. The Morgan fingerprint density at radius 3 is 2.47 bits per heavy atom. The summed E-state index contributed by atoms with van der Waals surface area (Å²) in [4.78, 5) is 0. The fourth-order valence-corrected chi connectivity index (χ4v) is 1.80. The van der Waals surface area contributed by atoms with Crippen LogP contribution in [0.25, 0.3) is 5.65 Å². The molecule has 0 radical (unpaired) electrons. The van der Waals surface area contributed by atoms with Crippen LogP contribution in [0.5, 0.6) is 0 Å². The topological polar surface area (TPSA) is 63.3 Å². The zero-order valence-electron chi connectivity index (χ0n) is 10.3. The van der Waals surface area contributed by atoms with Gasteiger partial charge in [-0.1, -0.05) is 25.4 Å². The van der Waals surface area contributed by atoms with E-state index in [1.807, 2.05) is 27.7 Å². The smallest absolute Gasteiger partial charge is 0.181 e. The van der Waals surface area contributed by atoms with E-state index in [0.29, 0.717) is 16.6 Å². The molecule has 0 fully saturated rings. The number of hydrogen-bond acceptors (Lipinski definition) is 4. The Labute approximate surface area is 104 Å². The van der Waals surface area contributed by atoms with Gasteiger partial charge < -0.3 is 5.11 Å². The molecule has 0 unspecified atom stereocenters. The van der Waals surface area contributed by atoms with Crippen LogP contribution in [0.4, 0.5) is 0 Å². The summed E-state index contributed by atoms with van der Waals surface area (Å²) in [6.07, 6.45) is 0. The van der Waals surface area contributed by atoms with Crippen molar-refractivity contribution in [3.05, 3.63) is 22.1 Å². The van der Waals surface area contributed by atoms with Crippen LogP contribution in [-0.4, -0.2) is 31.5 Å². The summed E-state index contributed by atoms with van der Waals surface area (Å²) in [5.41, 5.74) is 2.04. The number of aryl methyl sites for hydroxylation is 1. The van der Waals surface area contributed by atoms with E-state index in [1.165, 1.54) is 0 Å². The molecule has 2 rings (SSSR count). The molecule has 2 aromatic rings. The van der Waals surface area contributed by atoms with Gasteiger partial charge in [-0.3, -0.25) is 0 Å². The summed E-state index contributed by atoms with van der Waals surface area (Å²) in [7, 11) is 0. The fraction of sp³-hybridized carbons (Fsp3) is 0.545. The van der Waals surface area contributed by atoms with Crippen molar-refractivity contribution in [3.8, 4) is 0 Å². The number of aliphatic hydroxyl groups excluding tert-OH is 1. The van der Waals surface area contributed by atoms with Gasteiger partial charge in [-0.15, -0.1) is 10.2 Å². The van der Waals surface area contributed by atoms with Gasteiger partial charge in [-0.25, -0.2) is 0 Å². The van der Waals surface area contributed by atoms with Gasteiger partial charge in [0.1, 0.15) is 0 Å². The summed E-state index contributed by atoms with van der Waals surface area (Å²) in [6.45, 7) is 7.57. The molecule has 0 saturated carbocycles. The van der Waals surface area contributed by atoms with Crippen molar-refractivity contribution in [3.63, 3.8) is 0 Å². The quantitative estimate of drug-likeness (QED) is 0.885. The Bertz CT molecular complexity index is 576. The third kappa shape index (κ3) is 1.79. The number of aromatic nitrogens is 4. The van der Waals surface area contributed by atoms with Crippen LogP contribution >= 0.6 is 11.6 Å². The molecule has 0 aromatic carbocycles. The molecule has 0 atom stereocenters. The van der Waals surface area contributed by atoms with E-state index in [-0.39, 0.29) is 6.61 Å². The van der Waals surface area contributed by atoms with Gasteiger partial charge in [-0.05, 0) is 19.4 Å². The van der Waals surface area contributed by atoms with Crippen LogP contribution in [0.3, 0.4) is 0 Å². The molecule has 5 nitrogen and oxygen atoms in total. The Morgan fingerprint density at radius 1 is 1.24 bits per heavy atom. The zero-order valence-corrected chi connectivity index (χ0v) is 11.1. The van der Waals surface area contributed by atoms with E-state index in [0.717, 1.165) is 11.1 Å². The molecule has 92 valence electrons. The first-order valence-corrected chi connectivity index (χ1v) is 5.75. The van der Waals surface area contributed by atoms with Crippen molar-refractivity contribution in [2.75, 3.05) is 6.61 Å². The molecule has 0 spiro atoms. The predicted octanol–water partition coefficient (Wildman–Crippen LogP) is 1.66. The Hall–Kier alpha value is -1.20. The van der Waals surface area contributed by atoms with Crippen LogP contribution < -0.4 is 0 Å². The first-order valence-electron chi connectivity index (χ1n) is 5.38. The molecule has 0 saturated heterocycles. The normalized spacial score (nSPS) is 12.4. The second kappa shape index (κ2) is 3.92. The minimum absolute atomic E-state index is 0.0278. The van der Waals surface area contributed by atoms with E-state index < -0.39 is 5.41 Å². The van der Waals surface area contributed by atoms with Crippen LogP contribution in [0, 0.1) is 13.8 Å². The lowest BCUT2D eigenvalue weighted by molar-refractivity contribution is 0.209. The first kappa shape index (κ1) is 12.3. The van der Waals surface area contributed by atoms with Crippen molar-refractivity contribution in [1.82, 2.24) is 19.8 Å². The van der Waals surface area contributed by atoms with Crippen molar-refractivity contribution >= 4 is 17.2 Å². The third-order valence-electron chi connectivity index (χ3n) is 3.04. The predicted molar refractivity (Wildman–Crippen MR) is 65.4 cm³/mol. The number of hydrogen-bond donors (Lipinski definition) is 1. The van der Waals surface area contributed by atoms with Crippen LogP contribution in [0.1, 0.15) is 30.8 Å². The molecule has 2 heterocycles. The molecule has 0 bridgehead atoms. The maximum Gasteiger partial charge on any atom is 0.181 e. The summed E-state index contributed by atoms with van der Waals surface area (Å²) >= 11 is 6.07. The summed E-state index contributed by atoms with van der Waals surface area (Å²) < 4.78 is 1.61. The van der Waals surface area contributed by atoms with Crippen molar-refractivity contribution < 1.29 is 5.11 Å². The number of fused-ring (bicyclic) bond motifs is 1. The minimum atomic E-state index is -0.503. The second-order valence-corrected chi connectivity index (χ2v) is 5.20. The third-order valence-corrected chi connectivity index (χ3v) is 3.40. The Balaban J connectivity index is 2.79. The highest BCUT2D eigenvalue weighted by Crippen LogP contribution is 2.25. The van der Waals surface area contributed by atoms with Crippen molar-refractivity contribution in [2.45, 2.75) is 33.1 Å². The van der Waals surface area contributed by atoms with Crippen molar-refractivity contribution in [1.29, 1.82) is 0 Å². The zero-order chi connectivity index (χ0) is 12.8. The largest absolute Gasteiger partial charge is 0.395 e. The maximum absolute atomic E-state index is 9.38. The van der Waals surface area contributed by atoms with Crippen LogP contribution in [0.15, 0.2) is 0 Å². The molecule has 0 aliphatic carbocycles. The minimum Gasteiger partial charge on any atom is -0.395 e. The first-order chi connectivity index (χ1) is 7.88. The fourth-order valence-electron chi connectivity index (χ4n) is 1.59. The molecule has 17 heavy (non-hydrogen) atoms. The van der Waals surface area contributed by atoms with E-state index >= 15 is 0 Å². The lowest BCUT2D eigenvalue weighted by Crippen LogP contribution is -2.26. The van der Waals surface area contributed by atoms with Gasteiger partial charge in [0.25, 0.3) is 0 Å². The second-order valence-electron chi connectivity index (χ2n) is 4.84. The monoisotopic (exact) mass is 254 g/mol. The lowest BCUT2D eigenvalue weighted by atomic mass is 9.94. The number of rotatable bonds is 2. The summed E-state index contributed by atoms with van der Waals surface area (Å²) in [5.74, 6) is 0.611. The molecule has 1 N–H and O–H groups in total. The highest BCUT2D eigenvalue weighted by molar-refractivity contribution is 6.30. The van der Waals surface area contributed by atoms with E-state index in [4.69, 9.17) is 11.6 Å². The Kier molecular flexibility index (Phi) is 2.83.